The number of benzene rings is 1. The van der Waals surface area contributed by atoms with Crippen molar-refractivity contribution in [1.82, 2.24) is 0 Å². The van der Waals surface area contributed by atoms with Gasteiger partial charge in [-0.05, 0) is 23.8 Å². The van der Waals surface area contributed by atoms with Gasteiger partial charge in [-0.2, -0.15) is 0 Å². The molecule has 0 unspecified atom stereocenters. The van der Waals surface area contributed by atoms with E-state index in [2.05, 4.69) is 169 Å². The molecule has 47 heavy (non-hydrogen) atoms. The maximum atomic E-state index is 12.4. The third kappa shape index (κ3) is 8.57. The smallest absolute Gasteiger partial charge is 0.158 e. The summed E-state index contributed by atoms with van der Waals surface area (Å²) >= 11 is 0. The van der Waals surface area contributed by atoms with E-state index in [0.717, 1.165) is 24.8 Å². The largest absolute Gasteiger partial charge is 0.422 e. The zero-order valence-electron chi connectivity index (χ0n) is 35.2. The van der Waals surface area contributed by atoms with Crippen LogP contribution in [0.5, 0.6) is 0 Å². The molecule has 5 atom stereocenters. The number of rotatable bonds is 13. The Hall–Kier alpha value is 0.835. The molecule has 274 valence electrons. The Morgan fingerprint density at radius 2 is 0.936 bits per heavy atom. The van der Waals surface area contributed by atoms with Gasteiger partial charge in [-0.15, -0.1) is 0 Å². The zero-order chi connectivity index (χ0) is 37.0. The van der Waals surface area contributed by atoms with Crippen molar-refractivity contribution in [3.63, 3.8) is 0 Å². The Morgan fingerprint density at radius 3 is 1.28 bits per heavy atom. The van der Waals surface area contributed by atoms with Crippen LogP contribution in [-0.2, 0) is 8.85 Å². The summed E-state index contributed by atoms with van der Waals surface area (Å²) in [5, 5.41) is 12.4. The summed E-state index contributed by atoms with van der Waals surface area (Å²) in [5.41, 5.74) is 1.03. The molecule has 1 saturated carbocycles. The molecule has 0 bridgehead atoms. The monoisotopic (exact) mass is 784 g/mol. The lowest BCUT2D eigenvalue weighted by atomic mass is 9.68. The quantitative estimate of drug-likeness (QED) is 0.203. The fraction of sp³-hybridized carbons (Fsp3) is 0.833. The van der Waals surface area contributed by atoms with Gasteiger partial charge in [-0.3, -0.25) is 0 Å². The van der Waals surface area contributed by atoms with Gasteiger partial charge in [0.2, 0.25) is 0 Å². The Balaban J connectivity index is 3.04. The Bertz CT molecular complexity index is 1090. The van der Waals surface area contributed by atoms with E-state index < -0.39 is 65.4 Å². The summed E-state index contributed by atoms with van der Waals surface area (Å²) in [6, 6.07) is 10.5. The second-order valence-corrected chi connectivity index (χ2v) is 101. The molecular formula is C36H80O3Si8. The van der Waals surface area contributed by atoms with Crippen LogP contribution in [0.3, 0.4) is 0 Å². The molecule has 0 heterocycles. The normalized spacial score (nSPS) is 23.1. The number of aliphatic hydroxyl groups is 1. The fourth-order valence-corrected chi connectivity index (χ4v) is 200. The van der Waals surface area contributed by atoms with E-state index in [4.69, 9.17) is 8.85 Å². The van der Waals surface area contributed by atoms with Crippen molar-refractivity contribution in [3.05, 3.63) is 35.9 Å². The van der Waals surface area contributed by atoms with Crippen LogP contribution in [0.15, 0.2) is 30.3 Å². The van der Waals surface area contributed by atoms with Gasteiger partial charge in [-0.1, -0.05) is 175 Å². The van der Waals surface area contributed by atoms with Crippen LogP contribution in [0.25, 0.3) is 0 Å². The van der Waals surface area contributed by atoms with Gasteiger partial charge < -0.3 is 14.0 Å². The second kappa shape index (κ2) is 14.3. The summed E-state index contributed by atoms with van der Waals surface area (Å²) < 4.78 is 16.8. The number of hydrogen-bond acceptors (Lipinski definition) is 3. The highest BCUT2D eigenvalue weighted by molar-refractivity contribution is 7.88. The molecule has 0 saturated heterocycles. The minimum atomic E-state index is -2.20. The molecular weight excluding hydrogens is 705 g/mol. The van der Waals surface area contributed by atoms with Crippen LogP contribution in [0.1, 0.15) is 51.7 Å². The maximum absolute atomic E-state index is 12.4. The van der Waals surface area contributed by atoms with Crippen molar-refractivity contribution in [2.45, 2.75) is 176 Å². The summed E-state index contributed by atoms with van der Waals surface area (Å²) in [4.78, 5) is 0. The lowest BCUT2D eigenvalue weighted by molar-refractivity contribution is -0.0888. The molecule has 1 aromatic carbocycles. The minimum absolute atomic E-state index is 0.0231. The van der Waals surface area contributed by atoms with Gasteiger partial charge in [0.05, 0.1) is 63.9 Å². The third-order valence-corrected chi connectivity index (χ3v) is 147. The van der Waals surface area contributed by atoms with Crippen molar-refractivity contribution in [2.24, 2.45) is 17.3 Å². The molecule has 0 aliphatic heterocycles. The Morgan fingerprint density at radius 1 is 0.574 bits per heavy atom. The van der Waals surface area contributed by atoms with Crippen molar-refractivity contribution >= 4 is 59.3 Å². The van der Waals surface area contributed by atoms with Crippen LogP contribution in [0, 0.1) is 17.3 Å². The molecule has 0 amide bonds. The summed E-state index contributed by atoms with van der Waals surface area (Å²) in [7, 11) is -10.3. The minimum Gasteiger partial charge on any atom is -0.422 e. The van der Waals surface area contributed by atoms with Crippen LogP contribution in [-0.4, -0.2) is 76.6 Å². The second-order valence-electron chi connectivity index (χ2n) is 22.5. The predicted molar refractivity (Wildman–Crippen MR) is 233 cm³/mol. The van der Waals surface area contributed by atoms with Crippen LogP contribution < -0.4 is 0 Å². The predicted octanol–water partition coefficient (Wildman–Crippen LogP) is 11.3. The SMILES string of the molecule is CC(C)(C)[C@@H](O[Si]([Si](C)(C)C)([Si](C)(C)C)[Si](C)(C)C)[C@@H]1CCC[C@@H]([C@@H](O)c2ccccc2)[C@@H]1O[Si]([Si](C)(C)C)([Si](C)(C)C)[Si](C)(C)C. The molecule has 11 heteroatoms. The van der Waals surface area contributed by atoms with Crippen molar-refractivity contribution in [2.75, 3.05) is 0 Å². The first-order valence-electron chi connectivity index (χ1n) is 18.8. The Labute approximate surface area is 300 Å². The highest BCUT2D eigenvalue weighted by atomic mass is 29.9. The average Bonchev–Trinajstić information content (AvgIpc) is 2.82. The molecule has 3 nitrogen and oxygen atoms in total. The molecule has 1 aliphatic rings. The molecule has 2 rings (SSSR count). The zero-order valence-corrected chi connectivity index (χ0v) is 43.2. The summed E-state index contributed by atoms with van der Waals surface area (Å²) in [6.45, 7) is 50.8. The van der Waals surface area contributed by atoms with Crippen LogP contribution in [0.2, 0.25) is 118 Å². The van der Waals surface area contributed by atoms with Crippen molar-refractivity contribution in [3.8, 4) is 0 Å². The van der Waals surface area contributed by atoms with E-state index in [1.807, 2.05) is 0 Å². The lowest BCUT2D eigenvalue weighted by Gasteiger charge is -2.62. The highest BCUT2D eigenvalue weighted by Gasteiger charge is 2.68. The molecule has 0 aromatic heterocycles. The molecule has 1 N–H and O–H groups in total. The van der Waals surface area contributed by atoms with Crippen molar-refractivity contribution < 1.29 is 14.0 Å². The highest BCUT2D eigenvalue weighted by Crippen LogP contribution is 2.51. The number of aliphatic hydroxyl groups excluding tert-OH is 1. The third-order valence-electron chi connectivity index (χ3n) is 11.7. The van der Waals surface area contributed by atoms with E-state index in [9.17, 15) is 5.11 Å². The maximum Gasteiger partial charge on any atom is 0.158 e. The molecule has 0 radical (unpaired) electrons. The van der Waals surface area contributed by atoms with E-state index >= 15 is 0 Å². The van der Waals surface area contributed by atoms with E-state index in [1.165, 1.54) is 0 Å². The van der Waals surface area contributed by atoms with Gasteiger partial charge in [0.1, 0.15) is 0 Å². The number of hydrogen-bond donors (Lipinski definition) is 1. The van der Waals surface area contributed by atoms with Crippen LogP contribution in [0.4, 0.5) is 0 Å². The fourth-order valence-electron chi connectivity index (χ4n) is 12.1. The topological polar surface area (TPSA) is 38.7 Å². The summed E-state index contributed by atoms with van der Waals surface area (Å²) in [5.74, 6) is 0.376. The van der Waals surface area contributed by atoms with E-state index in [1.54, 1.807) is 0 Å². The van der Waals surface area contributed by atoms with Gasteiger partial charge in [0, 0.05) is 11.8 Å². The van der Waals surface area contributed by atoms with E-state index in [0.29, 0.717) is 5.92 Å². The van der Waals surface area contributed by atoms with Gasteiger partial charge in [0.15, 0.2) is 13.7 Å². The summed E-state index contributed by atoms with van der Waals surface area (Å²) in [6.07, 6.45) is 2.95. The molecule has 1 aliphatic carbocycles. The van der Waals surface area contributed by atoms with Crippen molar-refractivity contribution in [1.29, 1.82) is 0 Å². The Kier molecular flexibility index (Phi) is 13.4. The van der Waals surface area contributed by atoms with Gasteiger partial charge in [-0.25, -0.2) is 0 Å². The first-order chi connectivity index (χ1) is 20.7. The lowest BCUT2D eigenvalue weighted by Crippen LogP contribution is -2.86. The van der Waals surface area contributed by atoms with Gasteiger partial charge >= 0.3 is 0 Å². The van der Waals surface area contributed by atoms with E-state index in [-0.39, 0.29) is 23.5 Å². The molecule has 1 fully saturated rings. The first-order valence-corrected chi connectivity index (χ1v) is 49.6. The standard InChI is InChI=1S/C36H80O3Si8/c1-36(2,3)35(39-47(43(13,14)15,44(16,17)18)45(19,20)21)32-29-25-28-31(33(37)30-26-23-22-24-27-30)34(32)38-46(40(4,5)6,41(7,8)9)42(10,11)12/h22-24,26-27,31-35,37H,25,28-29H2,1-21H3/t31-,32+,33-,34-,35-/m0/s1. The first kappa shape index (κ1) is 44.0. The average molecular weight is 786 g/mol. The van der Waals surface area contributed by atoms with Crippen LogP contribution >= 0.6 is 0 Å². The molecule has 0 spiro atoms. The van der Waals surface area contributed by atoms with Gasteiger partial charge in [0.25, 0.3) is 0 Å². The molecule has 1 aromatic rings.